The first-order valence-corrected chi connectivity index (χ1v) is 5.97. The fourth-order valence-electron chi connectivity index (χ4n) is 1.12. The molecule has 0 bridgehead atoms. The zero-order valence-corrected chi connectivity index (χ0v) is 10.4. The first-order valence-electron chi connectivity index (χ1n) is 4.06. The highest BCUT2D eigenvalue weighted by Gasteiger charge is 2.05. The predicted octanol–water partition coefficient (Wildman–Crippen LogP) is 4.00. The summed E-state index contributed by atoms with van der Waals surface area (Å²) in [6, 6.07) is 7.87. The first kappa shape index (κ1) is 9.93. The minimum atomic E-state index is 0.653. The van der Waals surface area contributed by atoms with Crippen molar-refractivity contribution >= 4 is 31.9 Å². The minimum absolute atomic E-state index is 0.653. The molecule has 0 spiro atoms. The van der Waals surface area contributed by atoms with Gasteiger partial charge < -0.3 is 4.42 Å². The normalized spacial score (nSPS) is 10.4. The first-order chi connectivity index (χ1) is 6.79. The van der Waals surface area contributed by atoms with E-state index in [1.54, 1.807) is 6.26 Å². The second-order valence-corrected chi connectivity index (χ2v) is 4.26. The summed E-state index contributed by atoms with van der Waals surface area (Å²) in [5.74, 6) is 0.653. The molecule has 72 valence electrons. The molecule has 0 amide bonds. The van der Waals surface area contributed by atoms with Gasteiger partial charge in [-0.3, -0.25) is 0 Å². The van der Waals surface area contributed by atoms with Gasteiger partial charge in [0.05, 0.1) is 5.69 Å². The standard InChI is InChI=1S/C10H7Br2NO/c11-5-9-6-14-10(13-9)7-2-1-3-8(12)4-7/h1-4,6H,5H2. The van der Waals surface area contributed by atoms with E-state index in [0.717, 1.165) is 15.7 Å². The van der Waals surface area contributed by atoms with Crippen LogP contribution in [0.5, 0.6) is 0 Å². The molecule has 0 atom stereocenters. The number of aromatic nitrogens is 1. The van der Waals surface area contributed by atoms with Gasteiger partial charge in [-0.15, -0.1) is 0 Å². The van der Waals surface area contributed by atoms with Crippen LogP contribution in [-0.4, -0.2) is 4.98 Å². The molecule has 0 saturated heterocycles. The Balaban J connectivity index is 2.39. The number of halogens is 2. The van der Waals surface area contributed by atoms with Crippen LogP contribution in [-0.2, 0) is 5.33 Å². The second-order valence-electron chi connectivity index (χ2n) is 2.79. The molecule has 0 aliphatic rings. The third-order valence-corrected chi connectivity index (χ3v) is 2.83. The lowest BCUT2D eigenvalue weighted by atomic mass is 10.2. The smallest absolute Gasteiger partial charge is 0.226 e. The van der Waals surface area contributed by atoms with Gasteiger partial charge in [-0.1, -0.05) is 37.9 Å². The molecule has 4 heteroatoms. The average Bonchev–Trinajstić information content (AvgIpc) is 2.66. The summed E-state index contributed by atoms with van der Waals surface area (Å²) in [4.78, 5) is 4.31. The van der Waals surface area contributed by atoms with E-state index in [4.69, 9.17) is 4.42 Å². The van der Waals surface area contributed by atoms with Crippen LogP contribution in [0.1, 0.15) is 5.69 Å². The molecule has 1 heterocycles. The van der Waals surface area contributed by atoms with E-state index in [9.17, 15) is 0 Å². The SMILES string of the molecule is BrCc1coc(-c2cccc(Br)c2)n1. The lowest BCUT2D eigenvalue weighted by Gasteiger charge is -1.94. The monoisotopic (exact) mass is 315 g/mol. The number of oxazole rings is 1. The van der Waals surface area contributed by atoms with E-state index in [2.05, 4.69) is 36.8 Å². The molecule has 2 rings (SSSR count). The average molecular weight is 317 g/mol. The van der Waals surface area contributed by atoms with Crippen LogP contribution in [0.25, 0.3) is 11.5 Å². The molecular weight excluding hydrogens is 310 g/mol. The van der Waals surface area contributed by atoms with Crippen molar-refractivity contribution in [2.24, 2.45) is 0 Å². The largest absolute Gasteiger partial charge is 0.444 e. The fraction of sp³-hybridized carbons (Fsp3) is 0.100. The molecule has 2 nitrogen and oxygen atoms in total. The summed E-state index contributed by atoms with van der Waals surface area (Å²) in [5, 5.41) is 0.713. The van der Waals surface area contributed by atoms with Gasteiger partial charge in [0.1, 0.15) is 6.26 Å². The Hall–Kier alpha value is -0.610. The molecule has 0 aliphatic carbocycles. The second kappa shape index (κ2) is 4.28. The topological polar surface area (TPSA) is 26.0 Å². The molecule has 0 saturated carbocycles. The third-order valence-electron chi connectivity index (χ3n) is 1.76. The molecule has 0 N–H and O–H groups in total. The zero-order valence-electron chi connectivity index (χ0n) is 7.21. The van der Waals surface area contributed by atoms with Gasteiger partial charge in [0, 0.05) is 15.4 Å². The molecule has 14 heavy (non-hydrogen) atoms. The Morgan fingerprint density at radius 3 is 2.86 bits per heavy atom. The van der Waals surface area contributed by atoms with E-state index in [0.29, 0.717) is 11.2 Å². The lowest BCUT2D eigenvalue weighted by molar-refractivity contribution is 0.573. The quantitative estimate of drug-likeness (QED) is 0.783. The van der Waals surface area contributed by atoms with Crippen LogP contribution in [0.2, 0.25) is 0 Å². The molecule has 0 fully saturated rings. The molecule has 2 aromatic rings. The van der Waals surface area contributed by atoms with Gasteiger partial charge in [0.25, 0.3) is 0 Å². The van der Waals surface area contributed by atoms with Crippen LogP contribution >= 0.6 is 31.9 Å². The third kappa shape index (κ3) is 2.07. The predicted molar refractivity (Wildman–Crippen MR) is 62.3 cm³/mol. The summed E-state index contributed by atoms with van der Waals surface area (Å²) in [5.41, 5.74) is 1.88. The maximum atomic E-state index is 5.33. The number of rotatable bonds is 2. The minimum Gasteiger partial charge on any atom is -0.444 e. The Bertz CT molecular complexity index is 439. The van der Waals surface area contributed by atoms with Crippen molar-refractivity contribution in [3.63, 3.8) is 0 Å². The Kier molecular flexibility index (Phi) is 3.03. The van der Waals surface area contributed by atoms with Crippen molar-refractivity contribution in [1.29, 1.82) is 0 Å². The van der Waals surface area contributed by atoms with Gasteiger partial charge >= 0.3 is 0 Å². The molecule has 0 aliphatic heterocycles. The van der Waals surface area contributed by atoms with E-state index in [1.807, 2.05) is 24.3 Å². The molecular formula is C10H7Br2NO. The Morgan fingerprint density at radius 2 is 2.21 bits per heavy atom. The Labute approximate surface area is 98.6 Å². The van der Waals surface area contributed by atoms with Crippen molar-refractivity contribution in [2.45, 2.75) is 5.33 Å². The van der Waals surface area contributed by atoms with Crippen LogP contribution in [0.4, 0.5) is 0 Å². The van der Waals surface area contributed by atoms with E-state index >= 15 is 0 Å². The molecule has 1 aromatic carbocycles. The highest BCUT2D eigenvalue weighted by Crippen LogP contribution is 2.22. The van der Waals surface area contributed by atoms with Crippen molar-refractivity contribution in [3.05, 3.63) is 40.7 Å². The lowest BCUT2D eigenvalue weighted by Crippen LogP contribution is -1.79. The van der Waals surface area contributed by atoms with Crippen LogP contribution in [0, 0.1) is 0 Å². The summed E-state index contributed by atoms with van der Waals surface area (Å²) in [7, 11) is 0. The number of alkyl halides is 1. The fourth-order valence-corrected chi connectivity index (χ4v) is 1.78. The van der Waals surface area contributed by atoms with Crippen molar-refractivity contribution in [2.75, 3.05) is 0 Å². The van der Waals surface area contributed by atoms with Crippen molar-refractivity contribution in [1.82, 2.24) is 4.98 Å². The highest BCUT2D eigenvalue weighted by atomic mass is 79.9. The van der Waals surface area contributed by atoms with E-state index in [1.165, 1.54) is 0 Å². The van der Waals surface area contributed by atoms with Crippen molar-refractivity contribution in [3.8, 4) is 11.5 Å². The van der Waals surface area contributed by atoms with Crippen molar-refractivity contribution < 1.29 is 4.42 Å². The maximum absolute atomic E-state index is 5.33. The Morgan fingerprint density at radius 1 is 1.36 bits per heavy atom. The molecule has 0 unspecified atom stereocenters. The number of nitrogens with zero attached hydrogens (tertiary/aromatic N) is 1. The zero-order chi connectivity index (χ0) is 9.97. The summed E-state index contributed by atoms with van der Waals surface area (Å²) < 4.78 is 6.36. The van der Waals surface area contributed by atoms with E-state index < -0.39 is 0 Å². The summed E-state index contributed by atoms with van der Waals surface area (Å²) in [6.07, 6.45) is 1.66. The summed E-state index contributed by atoms with van der Waals surface area (Å²) >= 11 is 6.73. The van der Waals surface area contributed by atoms with Crippen LogP contribution < -0.4 is 0 Å². The maximum Gasteiger partial charge on any atom is 0.226 e. The van der Waals surface area contributed by atoms with Gasteiger partial charge in [-0.2, -0.15) is 0 Å². The number of hydrogen-bond acceptors (Lipinski definition) is 2. The van der Waals surface area contributed by atoms with Crippen LogP contribution in [0.15, 0.2) is 39.4 Å². The number of hydrogen-bond donors (Lipinski definition) is 0. The van der Waals surface area contributed by atoms with Crippen LogP contribution in [0.3, 0.4) is 0 Å². The van der Waals surface area contributed by atoms with Gasteiger partial charge in [-0.05, 0) is 18.2 Å². The van der Waals surface area contributed by atoms with Gasteiger partial charge in [0.2, 0.25) is 5.89 Å². The molecule has 1 aromatic heterocycles. The highest BCUT2D eigenvalue weighted by molar-refractivity contribution is 9.10. The number of benzene rings is 1. The van der Waals surface area contributed by atoms with E-state index in [-0.39, 0.29) is 0 Å². The summed E-state index contributed by atoms with van der Waals surface area (Å²) in [6.45, 7) is 0. The van der Waals surface area contributed by atoms with Gasteiger partial charge in [-0.25, -0.2) is 4.98 Å². The van der Waals surface area contributed by atoms with Gasteiger partial charge in [0.15, 0.2) is 0 Å². The molecule has 0 radical (unpaired) electrons.